The van der Waals surface area contributed by atoms with Crippen LogP contribution in [0.15, 0.2) is 46.0 Å². The van der Waals surface area contributed by atoms with E-state index < -0.39 is 0 Å². The number of hydrogen-bond acceptors (Lipinski definition) is 4. The molecular formula is C18H16BrClN2O2. The molecule has 1 N–H and O–H groups in total. The predicted octanol–water partition coefficient (Wildman–Crippen LogP) is 4.25. The number of benzene rings is 2. The first-order chi connectivity index (χ1) is 11.7. The van der Waals surface area contributed by atoms with Crippen LogP contribution >= 0.6 is 27.5 Å². The Labute approximate surface area is 154 Å². The molecule has 4 nitrogen and oxygen atoms in total. The molecule has 0 amide bonds. The van der Waals surface area contributed by atoms with Crippen LogP contribution in [0.3, 0.4) is 0 Å². The third-order valence-electron chi connectivity index (χ3n) is 3.08. The van der Waals surface area contributed by atoms with E-state index in [-0.39, 0.29) is 6.61 Å². The van der Waals surface area contributed by atoms with Crippen LogP contribution in [0, 0.1) is 12.3 Å². The number of ether oxygens (including phenoxy) is 2. The molecule has 0 saturated heterocycles. The molecular weight excluding hydrogens is 392 g/mol. The van der Waals surface area contributed by atoms with Gasteiger partial charge in [0, 0.05) is 5.02 Å². The minimum Gasteiger partial charge on any atom is -0.493 e. The van der Waals surface area contributed by atoms with Crippen LogP contribution < -0.4 is 14.9 Å². The SMILES string of the molecule is C#CCOc1c(Br)cc(/C=N\NCc2ccccc2Cl)cc1OC. The van der Waals surface area contributed by atoms with Gasteiger partial charge < -0.3 is 14.9 Å². The lowest BCUT2D eigenvalue weighted by molar-refractivity contribution is 0.329. The molecule has 2 aromatic rings. The van der Waals surface area contributed by atoms with Gasteiger partial charge in [-0.15, -0.1) is 6.42 Å². The molecule has 124 valence electrons. The second-order valence-electron chi connectivity index (χ2n) is 4.71. The molecule has 0 aliphatic rings. The third-order valence-corrected chi connectivity index (χ3v) is 4.04. The quantitative estimate of drug-likeness (QED) is 0.424. The monoisotopic (exact) mass is 406 g/mol. The molecule has 0 unspecified atom stereocenters. The van der Waals surface area contributed by atoms with Gasteiger partial charge in [0.05, 0.1) is 24.3 Å². The minimum atomic E-state index is 0.168. The van der Waals surface area contributed by atoms with Gasteiger partial charge in [0.25, 0.3) is 0 Å². The molecule has 0 spiro atoms. The van der Waals surface area contributed by atoms with Gasteiger partial charge in [-0.2, -0.15) is 5.10 Å². The standard InChI is InChI=1S/C18H16BrClN2O2/c1-3-8-24-18-15(19)9-13(10-17(18)23-2)11-21-22-12-14-6-4-5-7-16(14)20/h1,4-7,9-11,22H,8,12H2,2H3/b21-11-. The number of hydrogen-bond donors (Lipinski definition) is 1. The fourth-order valence-electron chi connectivity index (χ4n) is 1.96. The van der Waals surface area contributed by atoms with Gasteiger partial charge in [0.2, 0.25) is 0 Å². The second kappa shape index (κ2) is 9.21. The first-order valence-corrected chi connectivity index (χ1v) is 8.26. The summed E-state index contributed by atoms with van der Waals surface area (Å²) in [6, 6.07) is 11.3. The van der Waals surface area contributed by atoms with E-state index in [1.807, 2.05) is 36.4 Å². The van der Waals surface area contributed by atoms with Crippen molar-refractivity contribution in [2.45, 2.75) is 6.54 Å². The van der Waals surface area contributed by atoms with Crippen LogP contribution in [0.25, 0.3) is 0 Å². The van der Waals surface area contributed by atoms with Crippen LogP contribution in [0.4, 0.5) is 0 Å². The molecule has 24 heavy (non-hydrogen) atoms. The number of methoxy groups -OCH3 is 1. The van der Waals surface area contributed by atoms with Crippen molar-refractivity contribution in [2.75, 3.05) is 13.7 Å². The predicted molar refractivity (Wildman–Crippen MR) is 101 cm³/mol. The lowest BCUT2D eigenvalue weighted by Gasteiger charge is -2.11. The van der Waals surface area contributed by atoms with E-state index in [9.17, 15) is 0 Å². The van der Waals surface area contributed by atoms with Crippen molar-refractivity contribution in [2.24, 2.45) is 5.10 Å². The summed E-state index contributed by atoms with van der Waals surface area (Å²) >= 11 is 9.55. The fourth-order valence-corrected chi connectivity index (χ4v) is 2.74. The zero-order chi connectivity index (χ0) is 17.4. The van der Waals surface area contributed by atoms with Gasteiger partial charge in [-0.05, 0) is 45.3 Å². The van der Waals surface area contributed by atoms with Crippen molar-refractivity contribution in [1.29, 1.82) is 0 Å². The van der Waals surface area contributed by atoms with Crippen molar-refractivity contribution in [3.05, 3.63) is 57.0 Å². The highest BCUT2D eigenvalue weighted by Gasteiger charge is 2.10. The molecule has 6 heteroatoms. The van der Waals surface area contributed by atoms with E-state index in [2.05, 4.69) is 32.4 Å². The van der Waals surface area contributed by atoms with E-state index in [1.54, 1.807) is 13.3 Å². The summed E-state index contributed by atoms with van der Waals surface area (Å²) in [5.74, 6) is 3.57. The summed E-state index contributed by atoms with van der Waals surface area (Å²) in [5, 5.41) is 4.91. The maximum Gasteiger partial charge on any atom is 0.176 e. The maximum absolute atomic E-state index is 6.10. The smallest absolute Gasteiger partial charge is 0.176 e. The summed E-state index contributed by atoms with van der Waals surface area (Å²) in [7, 11) is 1.57. The average molecular weight is 408 g/mol. The van der Waals surface area contributed by atoms with Crippen LogP contribution in [0.5, 0.6) is 11.5 Å². The number of nitrogens with one attached hydrogen (secondary N) is 1. The van der Waals surface area contributed by atoms with Gasteiger partial charge in [-0.25, -0.2) is 0 Å². The summed E-state index contributed by atoms with van der Waals surface area (Å²) in [4.78, 5) is 0. The highest BCUT2D eigenvalue weighted by molar-refractivity contribution is 9.10. The molecule has 0 heterocycles. The van der Waals surface area contributed by atoms with Crippen LogP contribution in [0.1, 0.15) is 11.1 Å². The first kappa shape index (κ1) is 18.2. The average Bonchev–Trinajstić information content (AvgIpc) is 2.58. The molecule has 0 radical (unpaired) electrons. The summed E-state index contributed by atoms with van der Waals surface area (Å²) in [6.07, 6.45) is 6.91. The molecule has 0 atom stereocenters. The Hall–Kier alpha value is -2.16. The van der Waals surface area contributed by atoms with E-state index in [0.717, 1.165) is 15.6 Å². The lowest BCUT2D eigenvalue weighted by atomic mass is 10.2. The van der Waals surface area contributed by atoms with E-state index >= 15 is 0 Å². The van der Waals surface area contributed by atoms with Crippen molar-refractivity contribution in [1.82, 2.24) is 5.43 Å². The molecule has 2 rings (SSSR count). The Morgan fingerprint density at radius 1 is 1.38 bits per heavy atom. The summed E-state index contributed by atoms with van der Waals surface area (Å²) in [6.45, 7) is 0.708. The largest absolute Gasteiger partial charge is 0.493 e. The minimum absolute atomic E-state index is 0.168. The number of hydrazone groups is 1. The highest BCUT2D eigenvalue weighted by atomic mass is 79.9. The van der Waals surface area contributed by atoms with Gasteiger partial charge >= 0.3 is 0 Å². The highest BCUT2D eigenvalue weighted by Crippen LogP contribution is 2.36. The third kappa shape index (κ3) is 4.92. The molecule has 0 aliphatic heterocycles. The van der Waals surface area contributed by atoms with E-state index in [4.69, 9.17) is 27.5 Å². The topological polar surface area (TPSA) is 42.8 Å². The summed E-state index contributed by atoms with van der Waals surface area (Å²) in [5.41, 5.74) is 4.79. The van der Waals surface area contributed by atoms with Gasteiger partial charge in [-0.1, -0.05) is 35.7 Å². The van der Waals surface area contributed by atoms with E-state index in [1.165, 1.54) is 0 Å². The number of nitrogens with zero attached hydrogens (tertiary/aromatic N) is 1. The Kier molecular flexibility index (Phi) is 6.98. The Balaban J connectivity index is 2.05. The van der Waals surface area contributed by atoms with Crippen LogP contribution in [-0.4, -0.2) is 19.9 Å². The molecule has 0 aliphatic carbocycles. The first-order valence-electron chi connectivity index (χ1n) is 7.09. The van der Waals surface area contributed by atoms with Gasteiger partial charge in [0.15, 0.2) is 11.5 Å². The zero-order valence-electron chi connectivity index (χ0n) is 13.1. The van der Waals surface area contributed by atoms with Crippen LogP contribution in [-0.2, 0) is 6.54 Å². The number of terminal acetylenes is 1. The molecule has 0 saturated carbocycles. The van der Waals surface area contributed by atoms with Crippen LogP contribution in [0.2, 0.25) is 5.02 Å². The van der Waals surface area contributed by atoms with Gasteiger partial charge in [0.1, 0.15) is 6.61 Å². The van der Waals surface area contributed by atoms with Crippen molar-refractivity contribution < 1.29 is 9.47 Å². The fraction of sp³-hybridized carbons (Fsp3) is 0.167. The molecule has 0 aromatic heterocycles. The maximum atomic E-state index is 6.10. The van der Waals surface area contributed by atoms with Crippen molar-refractivity contribution >= 4 is 33.7 Å². The zero-order valence-corrected chi connectivity index (χ0v) is 15.4. The van der Waals surface area contributed by atoms with E-state index in [0.29, 0.717) is 23.1 Å². The Morgan fingerprint density at radius 2 is 2.17 bits per heavy atom. The number of halogens is 2. The normalized spacial score (nSPS) is 10.4. The lowest BCUT2D eigenvalue weighted by Crippen LogP contribution is -2.06. The molecule has 0 fully saturated rings. The van der Waals surface area contributed by atoms with Crippen molar-refractivity contribution in [3.63, 3.8) is 0 Å². The van der Waals surface area contributed by atoms with Crippen molar-refractivity contribution in [3.8, 4) is 23.8 Å². The molecule has 0 bridgehead atoms. The Bertz CT molecular complexity index is 772. The second-order valence-corrected chi connectivity index (χ2v) is 5.97. The number of rotatable bonds is 7. The summed E-state index contributed by atoms with van der Waals surface area (Å²) < 4.78 is 11.5. The molecule has 2 aromatic carbocycles. The Morgan fingerprint density at radius 3 is 2.88 bits per heavy atom. The van der Waals surface area contributed by atoms with Gasteiger partial charge in [-0.3, -0.25) is 0 Å².